The van der Waals surface area contributed by atoms with Gasteiger partial charge in [0.2, 0.25) is 0 Å². The number of anilines is 1. The van der Waals surface area contributed by atoms with E-state index in [0.717, 1.165) is 13.0 Å². The molecular formula is C9H9N3S. The quantitative estimate of drug-likeness (QED) is 0.689. The monoisotopic (exact) mass is 191 g/mol. The van der Waals surface area contributed by atoms with E-state index in [0.29, 0.717) is 0 Å². The fourth-order valence-corrected chi connectivity index (χ4v) is 2.52. The molecule has 0 atom stereocenters. The van der Waals surface area contributed by atoms with Crippen LogP contribution in [0, 0.1) is 0 Å². The van der Waals surface area contributed by atoms with E-state index in [2.05, 4.69) is 26.3 Å². The predicted octanol–water partition coefficient (Wildman–Crippen LogP) is 1.90. The van der Waals surface area contributed by atoms with Crippen LogP contribution >= 0.6 is 11.3 Å². The van der Waals surface area contributed by atoms with Gasteiger partial charge in [-0.05, 0) is 11.4 Å². The second-order valence-corrected chi connectivity index (χ2v) is 3.97. The molecule has 0 spiro atoms. The van der Waals surface area contributed by atoms with Gasteiger partial charge < -0.3 is 5.32 Å². The van der Waals surface area contributed by atoms with Crippen molar-refractivity contribution in [3.63, 3.8) is 0 Å². The van der Waals surface area contributed by atoms with Crippen molar-refractivity contribution in [1.29, 1.82) is 0 Å². The Morgan fingerprint density at radius 3 is 3.54 bits per heavy atom. The third-order valence-corrected chi connectivity index (χ3v) is 3.19. The zero-order valence-electron chi connectivity index (χ0n) is 7.03. The predicted molar refractivity (Wildman–Crippen MR) is 53.6 cm³/mol. The molecule has 0 saturated heterocycles. The summed E-state index contributed by atoms with van der Waals surface area (Å²) >= 11 is 1.75. The molecule has 0 aliphatic carbocycles. The topological polar surface area (TPSA) is 29.9 Å². The standard InChI is InChI=1S/C9H9N3S/c1-3-11-8-2-4-13-9(8)12-6-10-5-7(1)12/h2,4-6,11H,1,3H2. The summed E-state index contributed by atoms with van der Waals surface area (Å²) in [4.78, 5) is 4.17. The van der Waals surface area contributed by atoms with Gasteiger partial charge in [0.25, 0.3) is 0 Å². The highest BCUT2D eigenvalue weighted by molar-refractivity contribution is 7.13. The van der Waals surface area contributed by atoms with Crippen LogP contribution in [0.1, 0.15) is 5.69 Å². The van der Waals surface area contributed by atoms with Gasteiger partial charge in [-0.15, -0.1) is 11.3 Å². The van der Waals surface area contributed by atoms with Gasteiger partial charge in [-0.3, -0.25) is 4.57 Å². The minimum atomic E-state index is 0.995. The lowest BCUT2D eigenvalue weighted by Gasteiger charge is -2.01. The Labute approximate surface area is 80.0 Å². The average molecular weight is 191 g/mol. The molecule has 0 fully saturated rings. The normalized spacial score (nSPS) is 14.2. The molecule has 13 heavy (non-hydrogen) atoms. The van der Waals surface area contributed by atoms with E-state index in [4.69, 9.17) is 0 Å². The van der Waals surface area contributed by atoms with E-state index in [-0.39, 0.29) is 0 Å². The zero-order chi connectivity index (χ0) is 8.67. The van der Waals surface area contributed by atoms with Crippen LogP contribution in [0.15, 0.2) is 24.0 Å². The van der Waals surface area contributed by atoms with E-state index in [9.17, 15) is 0 Å². The molecule has 0 saturated carbocycles. The van der Waals surface area contributed by atoms with E-state index in [1.165, 1.54) is 16.4 Å². The summed E-state index contributed by atoms with van der Waals surface area (Å²) in [6.07, 6.45) is 4.87. The van der Waals surface area contributed by atoms with Crippen molar-refractivity contribution in [1.82, 2.24) is 9.55 Å². The van der Waals surface area contributed by atoms with Crippen molar-refractivity contribution < 1.29 is 0 Å². The molecule has 0 bridgehead atoms. The smallest absolute Gasteiger partial charge is 0.124 e. The number of nitrogens with zero attached hydrogens (tertiary/aromatic N) is 2. The average Bonchev–Trinajstić information content (AvgIpc) is 2.72. The minimum Gasteiger partial charge on any atom is -0.382 e. The van der Waals surface area contributed by atoms with Crippen molar-refractivity contribution in [3.05, 3.63) is 29.7 Å². The van der Waals surface area contributed by atoms with Gasteiger partial charge in [0, 0.05) is 24.9 Å². The third-order valence-electron chi connectivity index (χ3n) is 2.28. The molecule has 3 nitrogen and oxygen atoms in total. The molecule has 0 aromatic carbocycles. The Balaban J connectivity index is 2.27. The molecule has 0 amide bonds. The lowest BCUT2D eigenvalue weighted by atomic mass is 10.3. The number of nitrogens with one attached hydrogen (secondary N) is 1. The first-order chi connectivity index (χ1) is 6.45. The number of hydrogen-bond acceptors (Lipinski definition) is 3. The van der Waals surface area contributed by atoms with Crippen molar-refractivity contribution >= 4 is 17.0 Å². The van der Waals surface area contributed by atoms with Crippen molar-refractivity contribution in [3.8, 4) is 5.00 Å². The molecule has 3 rings (SSSR count). The van der Waals surface area contributed by atoms with Crippen molar-refractivity contribution in [2.24, 2.45) is 0 Å². The fraction of sp³-hybridized carbons (Fsp3) is 0.222. The van der Waals surface area contributed by atoms with Crippen LogP contribution in [-0.4, -0.2) is 16.1 Å². The van der Waals surface area contributed by atoms with E-state index >= 15 is 0 Å². The highest BCUT2D eigenvalue weighted by Crippen LogP contribution is 2.29. The van der Waals surface area contributed by atoms with Crippen LogP contribution < -0.4 is 5.32 Å². The summed E-state index contributed by atoms with van der Waals surface area (Å²) in [6, 6.07) is 2.12. The van der Waals surface area contributed by atoms with Gasteiger partial charge in [0.1, 0.15) is 11.3 Å². The summed E-state index contributed by atoms with van der Waals surface area (Å²) < 4.78 is 2.17. The number of imidazole rings is 1. The summed E-state index contributed by atoms with van der Waals surface area (Å²) in [5.41, 5.74) is 2.51. The summed E-state index contributed by atoms with van der Waals surface area (Å²) in [5.74, 6) is 0. The Morgan fingerprint density at radius 1 is 1.54 bits per heavy atom. The Bertz CT molecular complexity index is 389. The maximum absolute atomic E-state index is 4.17. The first-order valence-corrected chi connectivity index (χ1v) is 5.16. The van der Waals surface area contributed by atoms with Gasteiger partial charge in [0.15, 0.2) is 0 Å². The van der Waals surface area contributed by atoms with Gasteiger partial charge in [-0.25, -0.2) is 4.98 Å². The molecule has 2 aromatic rings. The SMILES string of the molecule is c1cc2c(s1)-n1cncc1CCN2. The Kier molecular flexibility index (Phi) is 1.43. The van der Waals surface area contributed by atoms with Gasteiger partial charge in [-0.2, -0.15) is 0 Å². The van der Waals surface area contributed by atoms with E-state index in [1.54, 1.807) is 11.3 Å². The van der Waals surface area contributed by atoms with E-state index < -0.39 is 0 Å². The number of hydrogen-bond donors (Lipinski definition) is 1. The minimum absolute atomic E-state index is 0.995. The number of aromatic nitrogens is 2. The molecule has 0 radical (unpaired) electrons. The highest BCUT2D eigenvalue weighted by Gasteiger charge is 2.13. The maximum atomic E-state index is 4.17. The molecule has 2 aromatic heterocycles. The summed E-state index contributed by atoms with van der Waals surface area (Å²) in [7, 11) is 0. The molecule has 0 unspecified atom stereocenters. The summed E-state index contributed by atoms with van der Waals surface area (Å²) in [5, 5.41) is 6.76. The zero-order valence-corrected chi connectivity index (χ0v) is 7.84. The molecule has 66 valence electrons. The molecule has 1 N–H and O–H groups in total. The van der Waals surface area contributed by atoms with Crippen molar-refractivity contribution in [2.75, 3.05) is 11.9 Å². The molecule has 1 aliphatic heterocycles. The number of rotatable bonds is 0. The van der Waals surface area contributed by atoms with Gasteiger partial charge >= 0.3 is 0 Å². The molecule has 1 aliphatic rings. The van der Waals surface area contributed by atoms with Crippen LogP contribution in [0.25, 0.3) is 5.00 Å². The molecule has 3 heterocycles. The van der Waals surface area contributed by atoms with Crippen LogP contribution in [-0.2, 0) is 6.42 Å². The van der Waals surface area contributed by atoms with Gasteiger partial charge in [0.05, 0.1) is 5.69 Å². The van der Waals surface area contributed by atoms with Crippen LogP contribution in [0.3, 0.4) is 0 Å². The number of fused-ring (bicyclic) bond motifs is 3. The number of thiophene rings is 1. The largest absolute Gasteiger partial charge is 0.382 e. The van der Waals surface area contributed by atoms with Crippen LogP contribution in [0.2, 0.25) is 0 Å². The van der Waals surface area contributed by atoms with Crippen molar-refractivity contribution in [2.45, 2.75) is 6.42 Å². The lowest BCUT2D eigenvalue weighted by Crippen LogP contribution is -2.01. The Morgan fingerprint density at radius 2 is 2.54 bits per heavy atom. The second-order valence-electron chi connectivity index (χ2n) is 3.07. The molecule has 4 heteroatoms. The van der Waals surface area contributed by atoms with Crippen LogP contribution in [0.4, 0.5) is 5.69 Å². The van der Waals surface area contributed by atoms with E-state index in [1.807, 2.05) is 12.5 Å². The van der Waals surface area contributed by atoms with Crippen LogP contribution in [0.5, 0.6) is 0 Å². The third kappa shape index (κ3) is 0.986. The second kappa shape index (κ2) is 2.60. The highest BCUT2D eigenvalue weighted by atomic mass is 32.1. The molecular weight excluding hydrogens is 182 g/mol. The lowest BCUT2D eigenvalue weighted by molar-refractivity contribution is 0.936. The first kappa shape index (κ1) is 7.15. The Hall–Kier alpha value is -1.29. The fourth-order valence-electron chi connectivity index (χ4n) is 1.64. The maximum Gasteiger partial charge on any atom is 0.124 e. The van der Waals surface area contributed by atoms with Gasteiger partial charge in [-0.1, -0.05) is 0 Å². The first-order valence-electron chi connectivity index (χ1n) is 4.28. The summed E-state index contributed by atoms with van der Waals surface area (Å²) in [6.45, 7) is 0.995.